The lowest BCUT2D eigenvalue weighted by atomic mass is 9.78. The minimum Gasteiger partial charge on any atom is -0.340 e. The van der Waals surface area contributed by atoms with E-state index >= 15 is 0 Å². The monoisotopic (exact) mass is 296 g/mol. The number of carbonyl (C=O) groups excluding carboxylic acids is 1. The van der Waals surface area contributed by atoms with Gasteiger partial charge in [0.2, 0.25) is 0 Å². The molecule has 1 saturated carbocycles. The molecule has 1 aliphatic carbocycles. The molecule has 2 fully saturated rings. The fourth-order valence-corrected chi connectivity index (χ4v) is 4.52. The number of rotatable bonds is 1. The van der Waals surface area contributed by atoms with Crippen LogP contribution in [-0.2, 0) is 7.05 Å². The summed E-state index contributed by atoms with van der Waals surface area (Å²) in [4.78, 5) is 15.3. The smallest absolute Gasteiger partial charge is 0.270 e. The third-order valence-corrected chi connectivity index (χ3v) is 5.67. The molecule has 1 aliphatic heterocycles. The van der Waals surface area contributed by atoms with Gasteiger partial charge in [0.25, 0.3) is 5.91 Å². The first-order chi connectivity index (χ1) is 10.8. The molecule has 3 nitrogen and oxygen atoms in total. The molecule has 3 heteroatoms. The van der Waals surface area contributed by atoms with E-state index in [1.54, 1.807) is 0 Å². The van der Waals surface area contributed by atoms with Gasteiger partial charge in [0.15, 0.2) is 0 Å². The molecule has 0 bridgehead atoms. The van der Waals surface area contributed by atoms with Gasteiger partial charge in [-0.3, -0.25) is 4.79 Å². The second-order valence-corrected chi connectivity index (χ2v) is 6.90. The molecule has 2 atom stereocenters. The third-order valence-electron chi connectivity index (χ3n) is 5.67. The van der Waals surface area contributed by atoms with E-state index in [-0.39, 0.29) is 5.91 Å². The summed E-state index contributed by atoms with van der Waals surface area (Å²) < 4.78 is 2.06. The number of aryl methyl sites for hydroxylation is 1. The van der Waals surface area contributed by atoms with E-state index in [9.17, 15) is 4.79 Å². The van der Waals surface area contributed by atoms with Crippen LogP contribution in [0.1, 0.15) is 49.0 Å². The standard InChI is InChI=1S/C19H24N2O/c1-20-16-10-4-3-8-15(16)13-18(20)19(22)21-12-6-9-14-7-2-5-11-17(14)21/h3-4,8,10,13-14,17H,2,5-7,9,11-12H2,1H3/t14-,17-/m0/s1. The summed E-state index contributed by atoms with van der Waals surface area (Å²) in [5.41, 5.74) is 1.98. The number of likely N-dealkylation sites (tertiary alicyclic amines) is 1. The summed E-state index contributed by atoms with van der Waals surface area (Å²) >= 11 is 0. The van der Waals surface area contributed by atoms with Crippen molar-refractivity contribution in [3.63, 3.8) is 0 Å². The van der Waals surface area contributed by atoms with Crippen LogP contribution in [0.2, 0.25) is 0 Å². The lowest BCUT2D eigenvalue weighted by molar-refractivity contribution is 0.0382. The van der Waals surface area contributed by atoms with Gasteiger partial charge in [-0.15, -0.1) is 0 Å². The van der Waals surface area contributed by atoms with Crippen molar-refractivity contribution in [3.8, 4) is 0 Å². The van der Waals surface area contributed by atoms with Crippen LogP contribution < -0.4 is 0 Å². The zero-order valence-corrected chi connectivity index (χ0v) is 13.3. The van der Waals surface area contributed by atoms with Gasteiger partial charge in [0.05, 0.1) is 0 Å². The summed E-state index contributed by atoms with van der Waals surface area (Å²) in [7, 11) is 2.01. The highest BCUT2D eigenvalue weighted by atomic mass is 16.2. The predicted octanol–water partition coefficient (Wildman–Crippen LogP) is 3.97. The van der Waals surface area contributed by atoms with Crippen LogP contribution in [-0.4, -0.2) is 28.0 Å². The van der Waals surface area contributed by atoms with Crippen molar-refractivity contribution in [2.75, 3.05) is 6.54 Å². The molecule has 22 heavy (non-hydrogen) atoms. The normalized spacial score (nSPS) is 25.2. The van der Waals surface area contributed by atoms with Crippen LogP contribution in [0.25, 0.3) is 10.9 Å². The van der Waals surface area contributed by atoms with Gasteiger partial charge in [-0.1, -0.05) is 31.0 Å². The van der Waals surface area contributed by atoms with Crippen molar-refractivity contribution >= 4 is 16.8 Å². The summed E-state index contributed by atoms with van der Waals surface area (Å²) in [6.07, 6.45) is 7.60. The Morgan fingerprint density at radius 2 is 1.86 bits per heavy atom. The molecule has 1 saturated heterocycles. The highest BCUT2D eigenvalue weighted by molar-refractivity contribution is 5.99. The van der Waals surface area contributed by atoms with E-state index in [0.29, 0.717) is 6.04 Å². The van der Waals surface area contributed by atoms with E-state index in [1.165, 1.54) is 32.1 Å². The first-order valence-electron chi connectivity index (χ1n) is 8.61. The van der Waals surface area contributed by atoms with Crippen LogP contribution >= 0.6 is 0 Å². The van der Waals surface area contributed by atoms with Gasteiger partial charge in [-0.05, 0) is 43.7 Å². The van der Waals surface area contributed by atoms with Crippen LogP contribution in [0.15, 0.2) is 30.3 Å². The van der Waals surface area contributed by atoms with Gasteiger partial charge in [0, 0.05) is 30.5 Å². The van der Waals surface area contributed by atoms with E-state index in [1.807, 2.05) is 19.2 Å². The molecule has 0 unspecified atom stereocenters. The molecule has 4 rings (SSSR count). The molecular formula is C19H24N2O. The molecule has 1 aromatic heterocycles. The number of nitrogens with zero attached hydrogens (tertiary/aromatic N) is 2. The molecule has 0 spiro atoms. The fourth-order valence-electron chi connectivity index (χ4n) is 4.52. The van der Waals surface area contributed by atoms with Gasteiger partial charge >= 0.3 is 0 Å². The van der Waals surface area contributed by atoms with E-state index in [4.69, 9.17) is 0 Å². The average molecular weight is 296 g/mol. The van der Waals surface area contributed by atoms with Crippen molar-refractivity contribution in [2.45, 2.75) is 44.6 Å². The maximum Gasteiger partial charge on any atom is 0.270 e. The zero-order chi connectivity index (χ0) is 15.1. The minimum atomic E-state index is 0.232. The Kier molecular flexibility index (Phi) is 3.44. The number of benzene rings is 1. The van der Waals surface area contributed by atoms with Crippen molar-refractivity contribution in [1.82, 2.24) is 9.47 Å². The molecule has 2 heterocycles. The van der Waals surface area contributed by atoms with Crippen LogP contribution in [0.4, 0.5) is 0 Å². The molecule has 0 N–H and O–H groups in total. The van der Waals surface area contributed by atoms with Crippen LogP contribution in [0, 0.1) is 5.92 Å². The molecule has 116 valence electrons. The van der Waals surface area contributed by atoms with Crippen molar-refractivity contribution in [2.24, 2.45) is 13.0 Å². The number of hydrogen-bond acceptors (Lipinski definition) is 1. The van der Waals surface area contributed by atoms with Crippen molar-refractivity contribution in [1.29, 1.82) is 0 Å². The number of piperidine rings is 1. The highest BCUT2D eigenvalue weighted by Gasteiger charge is 2.36. The Bertz CT molecular complexity index is 701. The maximum absolute atomic E-state index is 13.2. The molecular weight excluding hydrogens is 272 g/mol. The third kappa shape index (κ3) is 2.15. The zero-order valence-electron chi connectivity index (χ0n) is 13.3. The first kappa shape index (κ1) is 13.9. The Labute approximate surface area is 131 Å². The fraction of sp³-hybridized carbons (Fsp3) is 0.526. The Morgan fingerprint density at radius 1 is 1.09 bits per heavy atom. The number of amides is 1. The maximum atomic E-state index is 13.2. The van der Waals surface area contributed by atoms with Crippen LogP contribution in [0.5, 0.6) is 0 Å². The summed E-state index contributed by atoms with van der Waals surface area (Å²) in [5.74, 6) is 0.969. The molecule has 1 amide bonds. The first-order valence-corrected chi connectivity index (χ1v) is 8.61. The SMILES string of the molecule is Cn1c(C(=O)N2CCC[C@@H]3CCCC[C@@H]32)cc2ccccc21. The second-order valence-electron chi connectivity index (χ2n) is 6.90. The second kappa shape index (κ2) is 5.45. The quantitative estimate of drug-likeness (QED) is 0.781. The van der Waals surface area contributed by atoms with Crippen molar-refractivity contribution in [3.05, 3.63) is 36.0 Å². The van der Waals surface area contributed by atoms with Crippen LogP contribution in [0.3, 0.4) is 0 Å². The lowest BCUT2D eigenvalue weighted by Gasteiger charge is -2.44. The largest absolute Gasteiger partial charge is 0.340 e. The van der Waals surface area contributed by atoms with E-state index < -0.39 is 0 Å². The Balaban J connectivity index is 1.68. The average Bonchev–Trinajstić information content (AvgIpc) is 2.91. The van der Waals surface area contributed by atoms with Crippen molar-refractivity contribution < 1.29 is 4.79 Å². The number of carbonyl (C=O) groups is 1. The summed E-state index contributed by atoms with van der Waals surface area (Å²) in [6, 6.07) is 10.8. The highest BCUT2D eigenvalue weighted by Crippen LogP contribution is 2.36. The summed E-state index contributed by atoms with van der Waals surface area (Å²) in [6.45, 7) is 0.932. The summed E-state index contributed by atoms with van der Waals surface area (Å²) in [5, 5.41) is 1.16. The number of aromatic nitrogens is 1. The molecule has 0 radical (unpaired) electrons. The molecule has 2 aromatic rings. The lowest BCUT2D eigenvalue weighted by Crippen LogP contribution is -2.50. The number of para-hydroxylation sites is 1. The minimum absolute atomic E-state index is 0.232. The topological polar surface area (TPSA) is 25.2 Å². The Morgan fingerprint density at radius 3 is 2.73 bits per heavy atom. The van der Waals surface area contributed by atoms with Gasteiger partial charge in [-0.2, -0.15) is 0 Å². The van der Waals surface area contributed by atoms with E-state index in [2.05, 4.69) is 27.7 Å². The van der Waals surface area contributed by atoms with Gasteiger partial charge < -0.3 is 9.47 Å². The van der Waals surface area contributed by atoms with E-state index in [0.717, 1.165) is 35.5 Å². The molecule has 1 aromatic carbocycles. The Hall–Kier alpha value is -1.77. The predicted molar refractivity (Wildman–Crippen MR) is 88.9 cm³/mol. The number of hydrogen-bond donors (Lipinski definition) is 0. The molecule has 2 aliphatic rings. The van der Waals surface area contributed by atoms with Gasteiger partial charge in [0.1, 0.15) is 5.69 Å². The van der Waals surface area contributed by atoms with Gasteiger partial charge in [-0.25, -0.2) is 0 Å². The number of fused-ring (bicyclic) bond motifs is 2.